The summed E-state index contributed by atoms with van der Waals surface area (Å²) in [5.74, 6) is 4.94. The smallest absolute Gasteiger partial charge is 0.271 e. The molecule has 0 fully saturated rings. The van der Waals surface area contributed by atoms with Crippen LogP contribution in [0.2, 0.25) is 0 Å². The minimum Gasteiger partial charge on any atom is -0.271 e. The maximum absolute atomic E-state index is 13.1. The van der Waals surface area contributed by atoms with Gasteiger partial charge in [0.15, 0.2) is 0 Å². The molecule has 0 saturated heterocycles. The zero-order valence-corrected chi connectivity index (χ0v) is 12.6. The number of aromatic nitrogens is 1. The van der Waals surface area contributed by atoms with E-state index in [-0.39, 0.29) is 5.56 Å². The standard InChI is InChI=1S/C13H10F4IN3/c14-7-1-2-8(11(18)5-7)12(21-19)9-6-20-4-3-10(9)13(15,16)17/h1-6,12,21H,19H2. The number of alkyl halides is 3. The first-order valence-electron chi connectivity index (χ1n) is 5.76. The van der Waals surface area contributed by atoms with Crippen molar-refractivity contribution in [2.45, 2.75) is 12.2 Å². The van der Waals surface area contributed by atoms with Crippen LogP contribution in [0.5, 0.6) is 0 Å². The Morgan fingerprint density at radius 2 is 1.90 bits per heavy atom. The van der Waals surface area contributed by atoms with E-state index in [4.69, 9.17) is 5.84 Å². The van der Waals surface area contributed by atoms with Gasteiger partial charge in [-0.25, -0.2) is 9.82 Å². The van der Waals surface area contributed by atoms with Crippen LogP contribution in [0.15, 0.2) is 36.7 Å². The second kappa shape index (κ2) is 6.24. The molecular formula is C13H10F4IN3. The van der Waals surface area contributed by atoms with Crippen LogP contribution >= 0.6 is 22.6 Å². The number of halogens is 5. The molecule has 1 aromatic heterocycles. The van der Waals surface area contributed by atoms with Crippen LogP contribution in [0, 0.1) is 9.39 Å². The Kier molecular flexibility index (Phi) is 4.79. The number of nitrogens with two attached hydrogens (primary N) is 1. The third-order valence-corrected chi connectivity index (χ3v) is 3.84. The summed E-state index contributed by atoms with van der Waals surface area (Å²) in [7, 11) is 0. The van der Waals surface area contributed by atoms with Crippen LogP contribution in [0.4, 0.5) is 17.6 Å². The van der Waals surface area contributed by atoms with E-state index in [2.05, 4.69) is 10.4 Å². The van der Waals surface area contributed by atoms with E-state index in [0.29, 0.717) is 9.13 Å². The topological polar surface area (TPSA) is 50.9 Å². The average molecular weight is 411 g/mol. The first kappa shape index (κ1) is 16.1. The lowest BCUT2D eigenvalue weighted by molar-refractivity contribution is -0.138. The Morgan fingerprint density at radius 3 is 2.48 bits per heavy atom. The molecule has 0 aliphatic rings. The molecule has 2 rings (SSSR count). The summed E-state index contributed by atoms with van der Waals surface area (Å²) in [6.07, 6.45) is -2.36. The highest BCUT2D eigenvalue weighted by Gasteiger charge is 2.35. The second-order valence-electron chi connectivity index (χ2n) is 4.23. The fraction of sp³-hybridized carbons (Fsp3) is 0.154. The normalized spacial score (nSPS) is 13.2. The molecule has 0 aliphatic carbocycles. The minimum atomic E-state index is -4.53. The number of rotatable bonds is 3. The predicted octanol–water partition coefficient (Wildman–Crippen LogP) is 3.40. The third kappa shape index (κ3) is 3.50. The maximum atomic E-state index is 13.1. The number of benzene rings is 1. The van der Waals surface area contributed by atoms with Crippen LogP contribution in [0.1, 0.15) is 22.7 Å². The number of hydrogen-bond donors (Lipinski definition) is 2. The molecule has 1 atom stereocenters. The van der Waals surface area contributed by atoms with Gasteiger partial charge >= 0.3 is 6.18 Å². The fourth-order valence-corrected chi connectivity index (χ4v) is 2.77. The van der Waals surface area contributed by atoms with Gasteiger partial charge in [0.2, 0.25) is 0 Å². The van der Waals surface area contributed by atoms with Crippen LogP contribution in [0.3, 0.4) is 0 Å². The van der Waals surface area contributed by atoms with Crippen LogP contribution in [-0.2, 0) is 6.18 Å². The van der Waals surface area contributed by atoms with E-state index >= 15 is 0 Å². The van der Waals surface area contributed by atoms with Crippen molar-refractivity contribution >= 4 is 22.6 Å². The average Bonchev–Trinajstić information content (AvgIpc) is 2.41. The number of nitrogens with one attached hydrogen (secondary N) is 1. The molecule has 8 heteroatoms. The van der Waals surface area contributed by atoms with Crippen LogP contribution in [0.25, 0.3) is 0 Å². The lowest BCUT2D eigenvalue weighted by atomic mass is 9.96. The Morgan fingerprint density at radius 1 is 1.19 bits per heavy atom. The van der Waals surface area contributed by atoms with E-state index in [1.165, 1.54) is 18.2 Å². The monoisotopic (exact) mass is 411 g/mol. The van der Waals surface area contributed by atoms with Gasteiger partial charge in [-0.3, -0.25) is 10.8 Å². The lowest BCUT2D eigenvalue weighted by Crippen LogP contribution is -2.31. The number of pyridine rings is 1. The fourth-order valence-electron chi connectivity index (χ4n) is 1.98. The van der Waals surface area contributed by atoms with Gasteiger partial charge in [-0.2, -0.15) is 13.2 Å². The SMILES string of the molecule is NNC(c1ccc(F)cc1I)c1cnccc1C(F)(F)F. The third-order valence-electron chi connectivity index (χ3n) is 2.91. The summed E-state index contributed by atoms with van der Waals surface area (Å²) < 4.78 is 52.8. The van der Waals surface area contributed by atoms with E-state index in [1.807, 2.05) is 22.6 Å². The largest absolute Gasteiger partial charge is 0.416 e. The van der Waals surface area contributed by atoms with E-state index < -0.39 is 23.6 Å². The molecule has 1 unspecified atom stereocenters. The molecule has 3 nitrogen and oxygen atoms in total. The van der Waals surface area contributed by atoms with Crippen LogP contribution < -0.4 is 11.3 Å². The molecule has 2 aromatic rings. The van der Waals surface area contributed by atoms with Crippen molar-refractivity contribution in [1.82, 2.24) is 10.4 Å². The number of hydrogen-bond acceptors (Lipinski definition) is 3. The van der Waals surface area contributed by atoms with Crippen molar-refractivity contribution in [1.29, 1.82) is 0 Å². The molecule has 112 valence electrons. The van der Waals surface area contributed by atoms with E-state index in [9.17, 15) is 17.6 Å². The molecule has 0 saturated carbocycles. The first-order valence-corrected chi connectivity index (χ1v) is 6.84. The summed E-state index contributed by atoms with van der Waals surface area (Å²) in [6.45, 7) is 0. The summed E-state index contributed by atoms with van der Waals surface area (Å²) in [5.41, 5.74) is 1.84. The molecule has 1 aromatic carbocycles. The summed E-state index contributed by atoms with van der Waals surface area (Å²) in [4.78, 5) is 3.73. The highest BCUT2D eigenvalue weighted by Crippen LogP contribution is 2.36. The van der Waals surface area contributed by atoms with Crippen molar-refractivity contribution in [3.05, 3.63) is 62.7 Å². The van der Waals surface area contributed by atoms with Gasteiger partial charge in [-0.05, 0) is 46.4 Å². The summed E-state index contributed by atoms with van der Waals surface area (Å²) in [5, 5.41) is 0. The van der Waals surface area contributed by atoms with Crippen molar-refractivity contribution in [2.75, 3.05) is 0 Å². The Bertz CT molecular complexity index is 646. The maximum Gasteiger partial charge on any atom is 0.416 e. The van der Waals surface area contributed by atoms with Gasteiger partial charge in [-0.15, -0.1) is 0 Å². The quantitative estimate of drug-likeness (QED) is 0.353. The molecule has 0 amide bonds. The van der Waals surface area contributed by atoms with Gasteiger partial charge in [-0.1, -0.05) is 6.07 Å². The zero-order chi connectivity index (χ0) is 15.6. The molecule has 0 spiro atoms. The van der Waals surface area contributed by atoms with Crippen molar-refractivity contribution in [2.24, 2.45) is 5.84 Å². The molecule has 21 heavy (non-hydrogen) atoms. The summed E-state index contributed by atoms with van der Waals surface area (Å²) in [6, 6.07) is 3.74. The molecule has 0 aliphatic heterocycles. The summed E-state index contributed by atoms with van der Waals surface area (Å²) >= 11 is 1.85. The van der Waals surface area contributed by atoms with Gasteiger partial charge in [0.25, 0.3) is 0 Å². The Labute approximate surface area is 131 Å². The first-order chi connectivity index (χ1) is 9.84. The van der Waals surface area contributed by atoms with E-state index in [0.717, 1.165) is 18.5 Å². The van der Waals surface area contributed by atoms with Gasteiger partial charge in [0.05, 0.1) is 11.6 Å². The Hall–Kier alpha value is -1.26. The molecule has 0 radical (unpaired) electrons. The van der Waals surface area contributed by atoms with Gasteiger partial charge < -0.3 is 0 Å². The second-order valence-corrected chi connectivity index (χ2v) is 5.39. The minimum absolute atomic E-state index is 0.114. The van der Waals surface area contributed by atoms with Gasteiger partial charge in [0, 0.05) is 21.5 Å². The predicted molar refractivity (Wildman–Crippen MR) is 77.5 cm³/mol. The molecule has 3 N–H and O–H groups in total. The zero-order valence-electron chi connectivity index (χ0n) is 10.5. The highest BCUT2D eigenvalue weighted by atomic mass is 127. The van der Waals surface area contributed by atoms with Crippen molar-refractivity contribution < 1.29 is 17.6 Å². The molecule has 1 heterocycles. The number of nitrogens with zero attached hydrogens (tertiary/aromatic N) is 1. The molecular weight excluding hydrogens is 401 g/mol. The Balaban J connectivity index is 2.57. The molecule has 0 bridgehead atoms. The highest BCUT2D eigenvalue weighted by molar-refractivity contribution is 14.1. The van der Waals surface area contributed by atoms with Crippen molar-refractivity contribution in [3.8, 4) is 0 Å². The van der Waals surface area contributed by atoms with Crippen LogP contribution in [-0.4, -0.2) is 4.98 Å². The van der Waals surface area contributed by atoms with Crippen molar-refractivity contribution in [3.63, 3.8) is 0 Å². The lowest BCUT2D eigenvalue weighted by Gasteiger charge is -2.22. The van der Waals surface area contributed by atoms with Gasteiger partial charge in [0.1, 0.15) is 5.82 Å². The number of hydrazine groups is 1. The van der Waals surface area contributed by atoms with E-state index in [1.54, 1.807) is 0 Å².